The average Bonchev–Trinajstić information content (AvgIpc) is 3.04. The standard InChI is InChI=1S/C17H25N3/c1-3-20(16-11-7-8-12-16)14-17(13-18,19-2)15-9-5-4-6-10-15/h4-6,9-10,16,19H,3,7-8,11-12,14H2,1-2H3. The summed E-state index contributed by atoms with van der Waals surface area (Å²) in [4.78, 5) is 2.47. The summed E-state index contributed by atoms with van der Waals surface area (Å²) < 4.78 is 0. The molecule has 1 fully saturated rings. The van der Waals surface area contributed by atoms with E-state index in [1.54, 1.807) is 0 Å². The Morgan fingerprint density at radius 3 is 2.45 bits per heavy atom. The smallest absolute Gasteiger partial charge is 0.144 e. The van der Waals surface area contributed by atoms with Gasteiger partial charge < -0.3 is 0 Å². The molecule has 108 valence electrons. The molecule has 2 rings (SSSR count). The molecule has 1 atom stereocenters. The van der Waals surface area contributed by atoms with E-state index in [4.69, 9.17) is 0 Å². The van der Waals surface area contributed by atoms with Crippen LogP contribution >= 0.6 is 0 Å². The molecule has 1 aromatic carbocycles. The third-order valence-electron chi connectivity index (χ3n) is 4.57. The summed E-state index contributed by atoms with van der Waals surface area (Å²) in [5.74, 6) is 0. The number of nitriles is 1. The predicted molar refractivity (Wildman–Crippen MR) is 82.3 cm³/mol. The van der Waals surface area contributed by atoms with Crippen molar-refractivity contribution in [3.63, 3.8) is 0 Å². The minimum absolute atomic E-state index is 0.611. The lowest BCUT2D eigenvalue weighted by Gasteiger charge is -2.36. The van der Waals surface area contributed by atoms with Crippen LogP contribution in [0.2, 0.25) is 0 Å². The first kappa shape index (κ1) is 15.0. The van der Waals surface area contributed by atoms with Crippen molar-refractivity contribution in [2.24, 2.45) is 0 Å². The molecule has 0 spiro atoms. The fourth-order valence-corrected chi connectivity index (χ4v) is 3.27. The van der Waals surface area contributed by atoms with E-state index in [2.05, 4.69) is 23.2 Å². The fraction of sp³-hybridized carbons (Fsp3) is 0.588. The maximum atomic E-state index is 9.78. The molecule has 1 aliphatic rings. The highest BCUT2D eigenvalue weighted by molar-refractivity contribution is 5.32. The van der Waals surface area contributed by atoms with Crippen molar-refractivity contribution < 1.29 is 0 Å². The van der Waals surface area contributed by atoms with E-state index in [1.807, 2.05) is 37.4 Å². The fourth-order valence-electron chi connectivity index (χ4n) is 3.27. The van der Waals surface area contributed by atoms with Gasteiger partial charge in [-0.2, -0.15) is 5.26 Å². The van der Waals surface area contributed by atoms with Gasteiger partial charge in [0.1, 0.15) is 5.54 Å². The van der Waals surface area contributed by atoms with Crippen molar-refractivity contribution in [3.05, 3.63) is 35.9 Å². The number of likely N-dealkylation sites (N-methyl/N-ethyl adjacent to an activating group) is 2. The Hall–Kier alpha value is -1.37. The third-order valence-corrected chi connectivity index (χ3v) is 4.57. The summed E-state index contributed by atoms with van der Waals surface area (Å²) in [6.07, 6.45) is 5.19. The lowest BCUT2D eigenvalue weighted by atomic mass is 9.90. The van der Waals surface area contributed by atoms with Crippen molar-refractivity contribution in [3.8, 4) is 6.07 Å². The molecule has 0 aliphatic heterocycles. The molecule has 0 aromatic heterocycles. The zero-order valence-corrected chi connectivity index (χ0v) is 12.6. The number of benzene rings is 1. The zero-order valence-electron chi connectivity index (χ0n) is 12.6. The molecule has 0 bridgehead atoms. The van der Waals surface area contributed by atoms with Gasteiger partial charge in [0.25, 0.3) is 0 Å². The number of rotatable bonds is 6. The first-order valence-electron chi connectivity index (χ1n) is 7.65. The summed E-state index contributed by atoms with van der Waals surface area (Å²) in [5.41, 5.74) is 0.446. The van der Waals surface area contributed by atoms with Crippen LogP contribution in [-0.2, 0) is 5.54 Å². The number of nitrogens with zero attached hydrogens (tertiary/aromatic N) is 2. The van der Waals surface area contributed by atoms with Gasteiger partial charge in [-0.05, 0) is 32.0 Å². The molecular weight excluding hydrogens is 246 g/mol. The Balaban J connectivity index is 2.22. The van der Waals surface area contributed by atoms with Gasteiger partial charge in [0.2, 0.25) is 0 Å². The van der Waals surface area contributed by atoms with Crippen molar-refractivity contribution in [2.75, 3.05) is 20.1 Å². The van der Waals surface area contributed by atoms with Crippen molar-refractivity contribution in [2.45, 2.75) is 44.2 Å². The highest BCUT2D eigenvalue weighted by Crippen LogP contribution is 2.28. The highest BCUT2D eigenvalue weighted by atomic mass is 15.2. The second-order valence-electron chi connectivity index (χ2n) is 5.63. The number of hydrogen-bond acceptors (Lipinski definition) is 3. The van der Waals surface area contributed by atoms with Crippen molar-refractivity contribution in [1.82, 2.24) is 10.2 Å². The van der Waals surface area contributed by atoms with Crippen LogP contribution in [-0.4, -0.2) is 31.1 Å². The molecule has 1 saturated carbocycles. The molecule has 0 heterocycles. The molecule has 1 N–H and O–H groups in total. The normalized spacial score (nSPS) is 18.9. The van der Waals surface area contributed by atoms with Crippen LogP contribution < -0.4 is 5.32 Å². The summed E-state index contributed by atoms with van der Waals surface area (Å²) in [6, 6.07) is 13.3. The van der Waals surface area contributed by atoms with Crippen LogP contribution in [0.15, 0.2) is 30.3 Å². The van der Waals surface area contributed by atoms with Gasteiger partial charge in [-0.3, -0.25) is 10.2 Å². The molecule has 3 nitrogen and oxygen atoms in total. The van der Waals surface area contributed by atoms with E-state index in [-0.39, 0.29) is 0 Å². The SMILES string of the molecule is CCN(CC(C#N)(NC)c1ccccc1)C1CCCC1. The van der Waals surface area contributed by atoms with Gasteiger partial charge in [-0.25, -0.2) is 0 Å². The summed E-state index contributed by atoms with van der Waals surface area (Å²) in [6.45, 7) is 3.95. The quantitative estimate of drug-likeness (QED) is 0.864. The van der Waals surface area contributed by atoms with Gasteiger partial charge in [0.05, 0.1) is 6.07 Å². The van der Waals surface area contributed by atoms with Gasteiger partial charge in [0, 0.05) is 12.6 Å². The third kappa shape index (κ3) is 3.03. The maximum Gasteiger partial charge on any atom is 0.144 e. The lowest BCUT2D eigenvalue weighted by Crippen LogP contribution is -2.51. The minimum Gasteiger partial charge on any atom is -0.298 e. The Morgan fingerprint density at radius 1 is 1.30 bits per heavy atom. The Morgan fingerprint density at radius 2 is 1.95 bits per heavy atom. The van der Waals surface area contributed by atoms with Gasteiger partial charge in [0.15, 0.2) is 0 Å². The van der Waals surface area contributed by atoms with E-state index in [1.165, 1.54) is 25.7 Å². The molecule has 1 aromatic rings. The zero-order chi connectivity index (χ0) is 14.4. The minimum atomic E-state index is -0.611. The second kappa shape index (κ2) is 6.88. The van der Waals surface area contributed by atoms with Crippen molar-refractivity contribution in [1.29, 1.82) is 5.26 Å². The Labute approximate surface area is 122 Å². The van der Waals surface area contributed by atoms with Crippen LogP contribution in [0.25, 0.3) is 0 Å². The highest BCUT2D eigenvalue weighted by Gasteiger charge is 2.35. The molecule has 0 amide bonds. The van der Waals surface area contributed by atoms with Crippen LogP contribution in [0.1, 0.15) is 38.2 Å². The Kier molecular flexibility index (Phi) is 5.17. The van der Waals surface area contributed by atoms with Gasteiger partial charge >= 0.3 is 0 Å². The molecule has 1 unspecified atom stereocenters. The monoisotopic (exact) mass is 271 g/mol. The van der Waals surface area contributed by atoms with E-state index in [0.717, 1.165) is 18.7 Å². The molecule has 3 heteroatoms. The summed E-state index contributed by atoms with van der Waals surface area (Å²) in [7, 11) is 1.89. The van der Waals surface area contributed by atoms with Crippen molar-refractivity contribution >= 4 is 0 Å². The van der Waals surface area contributed by atoms with Crippen LogP contribution in [0.4, 0.5) is 0 Å². The number of hydrogen-bond donors (Lipinski definition) is 1. The maximum absolute atomic E-state index is 9.78. The van der Waals surface area contributed by atoms with E-state index >= 15 is 0 Å². The number of nitrogens with one attached hydrogen (secondary N) is 1. The van der Waals surface area contributed by atoms with Crippen LogP contribution in [0, 0.1) is 11.3 Å². The molecule has 0 saturated heterocycles. The van der Waals surface area contributed by atoms with Crippen LogP contribution in [0.3, 0.4) is 0 Å². The molecule has 0 radical (unpaired) electrons. The first-order chi connectivity index (χ1) is 9.75. The van der Waals surface area contributed by atoms with E-state index in [9.17, 15) is 5.26 Å². The van der Waals surface area contributed by atoms with E-state index in [0.29, 0.717) is 6.04 Å². The summed E-state index contributed by atoms with van der Waals surface area (Å²) >= 11 is 0. The topological polar surface area (TPSA) is 39.1 Å². The Bertz CT molecular complexity index is 445. The van der Waals surface area contributed by atoms with Crippen LogP contribution in [0.5, 0.6) is 0 Å². The van der Waals surface area contributed by atoms with Gasteiger partial charge in [-0.15, -0.1) is 0 Å². The predicted octanol–water partition coefficient (Wildman–Crippen LogP) is 2.89. The van der Waals surface area contributed by atoms with Gasteiger partial charge in [-0.1, -0.05) is 50.1 Å². The lowest BCUT2D eigenvalue weighted by molar-refractivity contribution is 0.167. The second-order valence-corrected chi connectivity index (χ2v) is 5.63. The average molecular weight is 271 g/mol. The molecule has 20 heavy (non-hydrogen) atoms. The van der Waals surface area contributed by atoms with E-state index < -0.39 is 5.54 Å². The first-order valence-corrected chi connectivity index (χ1v) is 7.65. The molecule has 1 aliphatic carbocycles. The molecular formula is C17H25N3. The largest absolute Gasteiger partial charge is 0.298 e. The summed E-state index contributed by atoms with van der Waals surface area (Å²) in [5, 5.41) is 13.0.